The van der Waals surface area contributed by atoms with Gasteiger partial charge in [-0.25, -0.2) is 10.9 Å². The number of anilines is 1. The van der Waals surface area contributed by atoms with Crippen LogP contribution in [0.25, 0.3) is 0 Å². The van der Waals surface area contributed by atoms with Gasteiger partial charge in [-0.15, -0.1) is 0 Å². The van der Waals surface area contributed by atoms with E-state index in [1.54, 1.807) is 42.5 Å². The van der Waals surface area contributed by atoms with Crippen LogP contribution in [0.15, 0.2) is 58.7 Å². The zero-order chi connectivity index (χ0) is 19.2. The van der Waals surface area contributed by atoms with E-state index in [0.717, 1.165) is 0 Å². The third-order valence-corrected chi connectivity index (χ3v) is 3.69. The first-order valence-electron chi connectivity index (χ1n) is 8.03. The maximum Gasteiger partial charge on any atom is 2.00 e. The van der Waals surface area contributed by atoms with Crippen molar-refractivity contribution >= 4 is 29.4 Å². The van der Waals surface area contributed by atoms with Gasteiger partial charge in [-0.1, -0.05) is 48.2 Å². The molecule has 1 radical (unpaired) electrons. The molecule has 1 aliphatic heterocycles. The molecule has 1 heterocycles. The first-order chi connectivity index (χ1) is 13.0. The SMILES string of the molecule is O.O.O=C(CC(=O)N/N=C1\c2ccccc2NC1O)N/N=C/c1ccccc1[O-].[Cl-].[Cu+2]. The number of hydrazone groups is 2. The van der Waals surface area contributed by atoms with Gasteiger partial charge in [-0.2, -0.15) is 10.2 Å². The van der Waals surface area contributed by atoms with Crippen LogP contribution in [0, 0.1) is 0 Å². The number of carbonyl (C=O) groups is 2. The monoisotopic (exact) mass is 500 g/mol. The van der Waals surface area contributed by atoms with Gasteiger partial charge in [0.15, 0.2) is 6.23 Å². The summed E-state index contributed by atoms with van der Waals surface area (Å²) in [5.41, 5.74) is 6.32. The molecule has 0 aromatic heterocycles. The molecule has 0 spiro atoms. The van der Waals surface area contributed by atoms with Crippen LogP contribution in [-0.2, 0) is 26.7 Å². The van der Waals surface area contributed by atoms with Crippen molar-refractivity contribution in [1.29, 1.82) is 0 Å². The largest absolute Gasteiger partial charge is 2.00 e. The van der Waals surface area contributed by atoms with E-state index in [1.807, 2.05) is 0 Å². The molecule has 0 bridgehead atoms. The Bertz CT molecular complexity index is 943. The minimum atomic E-state index is -1.05. The number of rotatable bonds is 5. The molecule has 1 atom stereocenters. The number of amides is 2. The molecule has 11 nitrogen and oxygen atoms in total. The van der Waals surface area contributed by atoms with Crippen LogP contribution in [0.1, 0.15) is 17.5 Å². The smallest absolute Gasteiger partial charge is 1.00 e. The zero-order valence-electron chi connectivity index (χ0n) is 15.7. The number of nitrogens with one attached hydrogen (secondary N) is 3. The summed E-state index contributed by atoms with van der Waals surface area (Å²) < 4.78 is 0. The number of benzene rings is 2. The van der Waals surface area contributed by atoms with Crippen molar-refractivity contribution in [2.24, 2.45) is 10.2 Å². The molecule has 0 saturated carbocycles. The van der Waals surface area contributed by atoms with Gasteiger partial charge in [-0.3, -0.25) is 9.59 Å². The molecule has 8 N–H and O–H groups in total. The second kappa shape index (κ2) is 14.1. The quantitative estimate of drug-likeness (QED) is 0.138. The molecule has 1 unspecified atom stereocenters. The van der Waals surface area contributed by atoms with Gasteiger partial charge in [0.25, 0.3) is 0 Å². The first kappa shape index (κ1) is 30.2. The molecule has 0 saturated heterocycles. The normalized spacial score (nSPS) is 14.6. The Morgan fingerprint density at radius 2 is 1.68 bits per heavy atom. The molecule has 13 heteroatoms. The second-order valence-electron chi connectivity index (χ2n) is 5.63. The Morgan fingerprint density at radius 3 is 2.39 bits per heavy atom. The molecule has 31 heavy (non-hydrogen) atoms. The Hall–Kier alpha value is -2.99. The number of hydrogen-bond acceptors (Lipinski definition) is 7. The fraction of sp³-hybridized carbons (Fsp3) is 0.111. The Morgan fingerprint density at radius 1 is 1.06 bits per heavy atom. The van der Waals surface area contributed by atoms with Crippen molar-refractivity contribution in [1.82, 2.24) is 10.9 Å². The summed E-state index contributed by atoms with van der Waals surface area (Å²) in [7, 11) is 0. The average molecular weight is 501 g/mol. The van der Waals surface area contributed by atoms with Gasteiger partial charge in [0.1, 0.15) is 12.1 Å². The summed E-state index contributed by atoms with van der Waals surface area (Å²) in [5, 5.41) is 31.8. The molecule has 2 amide bonds. The van der Waals surface area contributed by atoms with Crippen LogP contribution < -0.4 is 33.7 Å². The number of aliphatic hydroxyl groups excluding tert-OH is 1. The van der Waals surface area contributed by atoms with Crippen LogP contribution in [-0.4, -0.2) is 46.0 Å². The van der Waals surface area contributed by atoms with E-state index in [2.05, 4.69) is 26.4 Å². The van der Waals surface area contributed by atoms with Crippen LogP contribution in [0.5, 0.6) is 5.75 Å². The standard InChI is InChI=1S/C18H17N5O4.ClH.Cu.2H2O/c24-14-8-4-1-5-11(14)10-19-21-15(25)9-16(26)22-23-17-12-6-2-3-7-13(12)20-18(17)27;;;;/h1-8,10,18,20,24,27H,9H2,(H,21,25)(H,22,26);1H;;2*1H2/q;;+2;;/p-2/b19-10+,23-17+;;;;. The van der Waals surface area contributed by atoms with Gasteiger partial charge in [0.2, 0.25) is 11.8 Å². The van der Waals surface area contributed by atoms with Crippen molar-refractivity contribution in [2.45, 2.75) is 12.6 Å². The van der Waals surface area contributed by atoms with E-state index >= 15 is 0 Å². The minimum Gasteiger partial charge on any atom is -1.00 e. The predicted molar refractivity (Wildman–Crippen MR) is 104 cm³/mol. The Kier molecular flexibility index (Phi) is 13.7. The molecule has 0 fully saturated rings. The topological polar surface area (TPSA) is 201 Å². The number of fused-ring (bicyclic) bond motifs is 1. The summed E-state index contributed by atoms with van der Waals surface area (Å²) in [4.78, 5) is 23.5. The van der Waals surface area contributed by atoms with Gasteiger partial charge in [0, 0.05) is 11.3 Å². The molecule has 1 aliphatic rings. The first-order valence-corrected chi connectivity index (χ1v) is 8.03. The molecule has 3 rings (SSSR count). The third-order valence-electron chi connectivity index (χ3n) is 3.69. The van der Waals surface area contributed by atoms with Crippen molar-refractivity contribution in [3.8, 4) is 5.75 Å². The van der Waals surface area contributed by atoms with Crippen LogP contribution in [0.2, 0.25) is 0 Å². The van der Waals surface area contributed by atoms with E-state index < -0.39 is 24.5 Å². The van der Waals surface area contributed by atoms with Gasteiger partial charge < -0.3 is 38.9 Å². The summed E-state index contributed by atoms with van der Waals surface area (Å²) in [6, 6.07) is 13.3. The van der Waals surface area contributed by atoms with Gasteiger partial charge in [-0.05, 0) is 11.6 Å². The molecule has 2 aromatic carbocycles. The van der Waals surface area contributed by atoms with E-state index in [9.17, 15) is 19.8 Å². The fourth-order valence-electron chi connectivity index (χ4n) is 2.43. The maximum absolute atomic E-state index is 11.8. The number of hydrogen-bond donors (Lipinski definition) is 4. The Labute approximate surface area is 194 Å². The van der Waals surface area contributed by atoms with E-state index in [1.165, 1.54) is 12.3 Å². The van der Waals surface area contributed by atoms with E-state index in [4.69, 9.17) is 0 Å². The molecular formula is C18H20ClCuN5O6. The second-order valence-corrected chi connectivity index (χ2v) is 5.63. The number of para-hydroxylation sites is 2. The van der Waals surface area contributed by atoms with Gasteiger partial charge >= 0.3 is 17.1 Å². The summed E-state index contributed by atoms with van der Waals surface area (Å²) in [5.74, 6) is -1.57. The van der Waals surface area contributed by atoms with Crippen LogP contribution in [0.4, 0.5) is 5.69 Å². The van der Waals surface area contributed by atoms with E-state index in [0.29, 0.717) is 16.8 Å². The summed E-state index contributed by atoms with van der Waals surface area (Å²) in [6.07, 6.45) is -0.359. The Balaban J connectivity index is 0. The predicted octanol–water partition coefficient (Wildman–Crippen LogP) is -4.78. The number of halogens is 1. The molecule has 2 aromatic rings. The van der Waals surface area contributed by atoms with Crippen LogP contribution >= 0.6 is 0 Å². The average Bonchev–Trinajstić information content (AvgIpc) is 2.96. The van der Waals surface area contributed by atoms with Gasteiger partial charge in [0.05, 0.1) is 6.21 Å². The van der Waals surface area contributed by atoms with E-state index in [-0.39, 0.29) is 51.9 Å². The van der Waals surface area contributed by atoms with Crippen molar-refractivity contribution in [2.75, 3.05) is 5.32 Å². The minimum absolute atomic E-state index is 0. The maximum atomic E-state index is 11.8. The zero-order valence-corrected chi connectivity index (χ0v) is 17.4. The number of aliphatic hydroxyl groups is 1. The van der Waals surface area contributed by atoms with Crippen molar-refractivity contribution < 1.29 is 60.2 Å². The van der Waals surface area contributed by atoms with Crippen LogP contribution in [0.3, 0.4) is 0 Å². The molecule has 0 aliphatic carbocycles. The van der Waals surface area contributed by atoms with Crippen molar-refractivity contribution in [3.63, 3.8) is 0 Å². The third kappa shape index (κ3) is 7.98. The van der Waals surface area contributed by atoms with Crippen molar-refractivity contribution in [3.05, 3.63) is 59.7 Å². The summed E-state index contributed by atoms with van der Waals surface area (Å²) in [6.45, 7) is 0. The number of nitrogens with zero attached hydrogens (tertiary/aromatic N) is 2. The fourth-order valence-corrected chi connectivity index (χ4v) is 2.43. The number of carbonyl (C=O) groups excluding carboxylic acids is 2. The summed E-state index contributed by atoms with van der Waals surface area (Å²) >= 11 is 0. The molecule has 171 valence electrons. The molecular weight excluding hydrogens is 481 g/mol.